The summed E-state index contributed by atoms with van der Waals surface area (Å²) < 4.78 is 0. The number of rotatable bonds is 2. The summed E-state index contributed by atoms with van der Waals surface area (Å²) >= 11 is 0. The van der Waals surface area contributed by atoms with E-state index in [2.05, 4.69) is 6.92 Å². The minimum absolute atomic E-state index is 0.599. The van der Waals surface area contributed by atoms with Crippen molar-refractivity contribution in [2.24, 2.45) is 11.7 Å². The molecule has 3 rings (SSSR count). The lowest BCUT2D eigenvalue weighted by Gasteiger charge is -2.26. The molecule has 2 aliphatic rings. The van der Waals surface area contributed by atoms with E-state index in [4.69, 9.17) is 15.7 Å². The van der Waals surface area contributed by atoms with E-state index >= 15 is 0 Å². The highest BCUT2D eigenvalue weighted by molar-refractivity contribution is 5.29. The molecule has 0 radical (unpaired) electrons. The van der Waals surface area contributed by atoms with E-state index in [1.165, 1.54) is 68.3 Å². The van der Waals surface area contributed by atoms with Gasteiger partial charge < -0.3 is 5.73 Å². The third-order valence-electron chi connectivity index (χ3n) is 5.40. The Kier molecular flexibility index (Phi) is 4.89. The highest BCUT2D eigenvalue weighted by atomic mass is 14.9. The lowest BCUT2D eigenvalue weighted by Crippen LogP contribution is -2.25. The number of fused-ring (bicyclic) bond motifs is 1. The molecule has 3 nitrogen and oxygen atoms in total. The van der Waals surface area contributed by atoms with Crippen molar-refractivity contribution in [2.75, 3.05) is 6.54 Å². The fourth-order valence-electron chi connectivity index (χ4n) is 3.98. The van der Waals surface area contributed by atoms with E-state index in [1.807, 2.05) is 0 Å². The molecule has 1 heterocycles. The lowest BCUT2D eigenvalue weighted by molar-refractivity contribution is 0.430. The van der Waals surface area contributed by atoms with Gasteiger partial charge in [0.05, 0.1) is 0 Å². The van der Waals surface area contributed by atoms with Gasteiger partial charge in [-0.2, -0.15) is 0 Å². The molecule has 1 aromatic heterocycles. The van der Waals surface area contributed by atoms with Gasteiger partial charge in [0.25, 0.3) is 0 Å². The Labute approximate surface area is 128 Å². The van der Waals surface area contributed by atoms with Crippen LogP contribution >= 0.6 is 0 Å². The van der Waals surface area contributed by atoms with Crippen LogP contribution in [0.15, 0.2) is 0 Å². The topological polar surface area (TPSA) is 51.8 Å². The van der Waals surface area contributed by atoms with E-state index in [9.17, 15) is 0 Å². The summed E-state index contributed by atoms with van der Waals surface area (Å²) in [4.78, 5) is 9.89. The van der Waals surface area contributed by atoms with Crippen LogP contribution in [0.1, 0.15) is 80.1 Å². The van der Waals surface area contributed by atoms with Crippen LogP contribution in [0.25, 0.3) is 0 Å². The predicted molar refractivity (Wildman–Crippen MR) is 86.4 cm³/mol. The molecule has 1 fully saturated rings. The Morgan fingerprint density at radius 1 is 1.00 bits per heavy atom. The van der Waals surface area contributed by atoms with Gasteiger partial charge in [0.1, 0.15) is 5.82 Å². The van der Waals surface area contributed by atoms with E-state index in [1.54, 1.807) is 0 Å². The molecule has 3 heteroatoms. The summed E-state index contributed by atoms with van der Waals surface area (Å²) in [7, 11) is 0. The van der Waals surface area contributed by atoms with Crippen molar-refractivity contribution >= 4 is 0 Å². The molecule has 21 heavy (non-hydrogen) atoms. The van der Waals surface area contributed by atoms with E-state index in [-0.39, 0.29) is 0 Å². The standard InChI is InChI=1S/C18H29N3/c1-13-16-11-14(12-19)9-10-17(16)21-18(20-13)15-7-5-3-2-4-6-8-15/h14-15H,2-12,19H2,1H3. The predicted octanol–water partition coefficient (Wildman–Crippen LogP) is 3.68. The molecule has 0 bridgehead atoms. The van der Waals surface area contributed by atoms with Gasteiger partial charge in [-0.05, 0) is 57.1 Å². The average Bonchev–Trinajstić information content (AvgIpc) is 2.46. The second-order valence-corrected chi connectivity index (χ2v) is 6.98. The van der Waals surface area contributed by atoms with E-state index in [0.29, 0.717) is 11.8 Å². The van der Waals surface area contributed by atoms with Crippen molar-refractivity contribution in [2.45, 2.75) is 77.0 Å². The van der Waals surface area contributed by atoms with Crippen molar-refractivity contribution in [1.29, 1.82) is 0 Å². The van der Waals surface area contributed by atoms with Crippen molar-refractivity contribution in [3.8, 4) is 0 Å². The number of nitrogens with two attached hydrogens (primary N) is 1. The van der Waals surface area contributed by atoms with Gasteiger partial charge in [-0.15, -0.1) is 0 Å². The number of aromatic nitrogens is 2. The van der Waals surface area contributed by atoms with Gasteiger partial charge >= 0.3 is 0 Å². The number of hydrogen-bond donors (Lipinski definition) is 1. The van der Waals surface area contributed by atoms with Gasteiger partial charge in [-0.3, -0.25) is 0 Å². The van der Waals surface area contributed by atoms with Crippen LogP contribution in [-0.2, 0) is 12.8 Å². The van der Waals surface area contributed by atoms with Gasteiger partial charge in [0.2, 0.25) is 0 Å². The third-order valence-corrected chi connectivity index (χ3v) is 5.40. The second-order valence-electron chi connectivity index (χ2n) is 6.98. The number of nitrogens with zero attached hydrogens (tertiary/aromatic N) is 2. The zero-order valence-corrected chi connectivity index (χ0v) is 13.4. The Bertz CT molecular complexity index is 476. The maximum Gasteiger partial charge on any atom is 0.131 e. The molecule has 116 valence electrons. The van der Waals surface area contributed by atoms with Crippen molar-refractivity contribution < 1.29 is 0 Å². The first-order chi connectivity index (χ1) is 10.3. The zero-order chi connectivity index (χ0) is 14.7. The first kappa shape index (κ1) is 15.0. The summed E-state index contributed by atoms with van der Waals surface area (Å²) in [5.74, 6) is 2.37. The van der Waals surface area contributed by atoms with Crippen molar-refractivity contribution in [3.05, 3.63) is 22.8 Å². The van der Waals surface area contributed by atoms with Crippen LogP contribution in [0.2, 0.25) is 0 Å². The van der Waals surface area contributed by atoms with Gasteiger partial charge in [0, 0.05) is 17.3 Å². The Morgan fingerprint density at radius 3 is 2.43 bits per heavy atom. The molecule has 0 spiro atoms. The highest BCUT2D eigenvalue weighted by Gasteiger charge is 2.24. The lowest BCUT2D eigenvalue weighted by atomic mass is 9.85. The maximum absolute atomic E-state index is 5.85. The molecule has 0 aromatic carbocycles. The zero-order valence-electron chi connectivity index (χ0n) is 13.4. The Morgan fingerprint density at radius 2 is 1.71 bits per heavy atom. The van der Waals surface area contributed by atoms with Crippen molar-refractivity contribution in [3.63, 3.8) is 0 Å². The molecular weight excluding hydrogens is 258 g/mol. The van der Waals surface area contributed by atoms with Gasteiger partial charge in [0.15, 0.2) is 0 Å². The smallest absolute Gasteiger partial charge is 0.131 e. The molecule has 1 aromatic rings. The number of hydrogen-bond acceptors (Lipinski definition) is 3. The van der Waals surface area contributed by atoms with Crippen LogP contribution in [0.4, 0.5) is 0 Å². The summed E-state index contributed by atoms with van der Waals surface area (Å²) in [6.45, 7) is 2.97. The van der Waals surface area contributed by atoms with Crippen LogP contribution in [0, 0.1) is 12.8 Å². The molecule has 0 saturated heterocycles. The SMILES string of the molecule is Cc1nc(C2CCCCCCC2)nc2c1CC(CN)CC2. The van der Waals surface area contributed by atoms with Gasteiger partial charge in [-0.1, -0.05) is 32.1 Å². The third kappa shape index (κ3) is 3.45. The average molecular weight is 287 g/mol. The first-order valence-electron chi connectivity index (χ1n) is 8.84. The van der Waals surface area contributed by atoms with Crippen LogP contribution in [0.5, 0.6) is 0 Å². The van der Waals surface area contributed by atoms with E-state index < -0.39 is 0 Å². The minimum Gasteiger partial charge on any atom is -0.330 e. The largest absolute Gasteiger partial charge is 0.330 e. The number of aryl methyl sites for hydroxylation is 2. The fraction of sp³-hybridized carbons (Fsp3) is 0.778. The summed E-state index contributed by atoms with van der Waals surface area (Å²) in [6, 6.07) is 0. The molecule has 1 unspecified atom stereocenters. The normalized spacial score (nSPS) is 24.2. The minimum atomic E-state index is 0.599. The molecule has 2 N–H and O–H groups in total. The second kappa shape index (κ2) is 6.87. The van der Waals surface area contributed by atoms with Crippen LogP contribution in [-0.4, -0.2) is 16.5 Å². The highest BCUT2D eigenvalue weighted by Crippen LogP contribution is 2.32. The maximum atomic E-state index is 5.85. The summed E-state index contributed by atoms with van der Waals surface area (Å²) in [5, 5.41) is 0. The molecule has 1 atom stereocenters. The molecular formula is C18H29N3. The van der Waals surface area contributed by atoms with Crippen LogP contribution < -0.4 is 5.73 Å². The monoisotopic (exact) mass is 287 g/mol. The molecule has 0 amide bonds. The summed E-state index contributed by atoms with van der Waals surface area (Å²) in [6.07, 6.45) is 12.8. The first-order valence-corrected chi connectivity index (χ1v) is 8.84. The Hall–Kier alpha value is -0.960. The van der Waals surface area contributed by atoms with Gasteiger partial charge in [-0.25, -0.2) is 9.97 Å². The fourth-order valence-corrected chi connectivity index (χ4v) is 3.98. The van der Waals surface area contributed by atoms with Crippen molar-refractivity contribution in [1.82, 2.24) is 9.97 Å². The molecule has 1 saturated carbocycles. The van der Waals surface area contributed by atoms with Crippen LogP contribution in [0.3, 0.4) is 0 Å². The Balaban J connectivity index is 1.82. The molecule has 0 aliphatic heterocycles. The van der Waals surface area contributed by atoms with E-state index in [0.717, 1.165) is 25.2 Å². The molecule has 2 aliphatic carbocycles. The summed E-state index contributed by atoms with van der Waals surface area (Å²) in [5.41, 5.74) is 9.78. The quantitative estimate of drug-likeness (QED) is 0.902.